The second-order valence-corrected chi connectivity index (χ2v) is 7.58. The first kappa shape index (κ1) is 16.3. The second-order valence-electron chi connectivity index (χ2n) is 6.25. The predicted molar refractivity (Wildman–Crippen MR) is 95.1 cm³/mol. The molecule has 0 fully saturated rings. The third kappa shape index (κ3) is 3.54. The largest absolute Gasteiger partial charge is 0.487 e. The van der Waals surface area contributed by atoms with E-state index in [2.05, 4.69) is 21.2 Å². The molecule has 0 radical (unpaired) electrons. The van der Waals surface area contributed by atoms with Crippen LogP contribution in [-0.4, -0.2) is 11.5 Å². The number of nitrogens with one attached hydrogen (secondary N) is 1. The summed E-state index contributed by atoms with van der Waals surface area (Å²) in [7, 11) is 0. The molecule has 5 heteroatoms. The zero-order chi connectivity index (χ0) is 16.6. The van der Waals surface area contributed by atoms with Gasteiger partial charge in [0.25, 0.3) is 5.91 Å². The summed E-state index contributed by atoms with van der Waals surface area (Å²) in [6.07, 6.45) is 0.696. The van der Waals surface area contributed by atoms with Crippen LogP contribution in [0.3, 0.4) is 0 Å². The molecule has 1 heterocycles. The summed E-state index contributed by atoms with van der Waals surface area (Å²) < 4.78 is 6.81. The van der Waals surface area contributed by atoms with E-state index in [1.165, 1.54) is 0 Å². The smallest absolute Gasteiger partial charge is 0.253 e. The van der Waals surface area contributed by atoms with Crippen molar-refractivity contribution in [2.45, 2.75) is 31.9 Å². The molecule has 0 aliphatic carbocycles. The van der Waals surface area contributed by atoms with Gasteiger partial charge in [0.05, 0.1) is 16.6 Å². The van der Waals surface area contributed by atoms with Crippen molar-refractivity contribution >= 4 is 33.4 Å². The van der Waals surface area contributed by atoms with Crippen LogP contribution in [0.2, 0.25) is 5.02 Å². The molecule has 0 spiro atoms. The standard InChI is InChI=1S/C18H17BrClNO2/c1-18(2)10-15(12-5-3-4-6-16(12)23-18)21-17(22)13-9-11(19)7-8-14(13)20/h3-9,15H,10H2,1-2H3,(H,21,22). The molecule has 1 unspecified atom stereocenters. The van der Waals surface area contributed by atoms with Crippen molar-refractivity contribution in [2.75, 3.05) is 0 Å². The van der Waals surface area contributed by atoms with Gasteiger partial charge in [-0.25, -0.2) is 0 Å². The molecule has 1 N–H and O–H groups in total. The third-order valence-electron chi connectivity index (χ3n) is 3.85. The maximum atomic E-state index is 12.6. The molecule has 1 atom stereocenters. The van der Waals surface area contributed by atoms with Crippen LogP contribution < -0.4 is 10.1 Å². The Morgan fingerprint density at radius 3 is 2.83 bits per heavy atom. The van der Waals surface area contributed by atoms with Gasteiger partial charge in [-0.2, -0.15) is 0 Å². The quantitative estimate of drug-likeness (QED) is 0.766. The average molecular weight is 395 g/mol. The fourth-order valence-corrected chi connectivity index (χ4v) is 3.40. The van der Waals surface area contributed by atoms with Crippen LogP contribution in [0.4, 0.5) is 0 Å². The monoisotopic (exact) mass is 393 g/mol. The number of fused-ring (bicyclic) bond motifs is 1. The van der Waals surface area contributed by atoms with Gasteiger partial charge < -0.3 is 10.1 Å². The third-order valence-corrected chi connectivity index (χ3v) is 4.68. The van der Waals surface area contributed by atoms with Gasteiger partial charge in [-0.05, 0) is 38.1 Å². The van der Waals surface area contributed by atoms with E-state index >= 15 is 0 Å². The molecule has 0 aromatic heterocycles. The lowest BCUT2D eigenvalue weighted by Crippen LogP contribution is -2.41. The van der Waals surface area contributed by atoms with E-state index in [0.29, 0.717) is 17.0 Å². The van der Waals surface area contributed by atoms with Crippen molar-refractivity contribution in [3.8, 4) is 5.75 Å². The summed E-state index contributed by atoms with van der Waals surface area (Å²) in [4.78, 5) is 12.6. The first-order valence-electron chi connectivity index (χ1n) is 7.39. The number of amides is 1. The lowest BCUT2D eigenvalue weighted by atomic mass is 9.89. The minimum Gasteiger partial charge on any atom is -0.487 e. The van der Waals surface area contributed by atoms with Gasteiger partial charge in [0.2, 0.25) is 0 Å². The van der Waals surface area contributed by atoms with E-state index in [9.17, 15) is 4.79 Å². The average Bonchev–Trinajstić information content (AvgIpc) is 2.48. The number of hydrogen-bond donors (Lipinski definition) is 1. The fourth-order valence-electron chi connectivity index (χ4n) is 2.84. The summed E-state index contributed by atoms with van der Waals surface area (Å²) in [5.41, 5.74) is 1.11. The summed E-state index contributed by atoms with van der Waals surface area (Å²) in [6.45, 7) is 4.04. The van der Waals surface area contributed by atoms with E-state index in [-0.39, 0.29) is 17.6 Å². The lowest BCUT2D eigenvalue weighted by molar-refractivity contribution is 0.0620. The Bertz CT molecular complexity index is 760. The molecule has 3 nitrogen and oxygen atoms in total. The van der Waals surface area contributed by atoms with Gasteiger partial charge >= 0.3 is 0 Å². The normalized spacial score (nSPS) is 18.7. The van der Waals surface area contributed by atoms with Gasteiger partial charge in [0.1, 0.15) is 11.4 Å². The van der Waals surface area contributed by atoms with E-state index in [1.54, 1.807) is 12.1 Å². The Hall–Kier alpha value is -1.52. The van der Waals surface area contributed by atoms with Crippen LogP contribution in [0.5, 0.6) is 5.75 Å². The minimum absolute atomic E-state index is 0.113. The minimum atomic E-state index is -0.340. The maximum Gasteiger partial charge on any atom is 0.253 e. The van der Waals surface area contributed by atoms with Crippen LogP contribution >= 0.6 is 27.5 Å². The fraction of sp³-hybridized carbons (Fsp3) is 0.278. The van der Waals surface area contributed by atoms with Crippen LogP contribution in [0, 0.1) is 0 Å². The first-order chi connectivity index (χ1) is 10.9. The van der Waals surface area contributed by atoms with Gasteiger partial charge in [0.15, 0.2) is 0 Å². The van der Waals surface area contributed by atoms with Crippen molar-refractivity contribution in [3.63, 3.8) is 0 Å². The molecule has 0 saturated heterocycles. The van der Waals surface area contributed by atoms with Gasteiger partial charge in [0, 0.05) is 16.5 Å². The first-order valence-corrected chi connectivity index (χ1v) is 8.57. The van der Waals surface area contributed by atoms with Gasteiger partial charge in [-0.15, -0.1) is 0 Å². The highest BCUT2D eigenvalue weighted by Crippen LogP contribution is 2.39. The number of halogens is 2. The Kier molecular flexibility index (Phi) is 4.39. The van der Waals surface area contributed by atoms with E-state index < -0.39 is 0 Å². The topological polar surface area (TPSA) is 38.3 Å². The second kappa shape index (κ2) is 6.17. The number of carbonyl (C=O) groups is 1. The Balaban J connectivity index is 1.90. The van der Waals surface area contributed by atoms with E-state index in [1.807, 2.05) is 44.2 Å². The Morgan fingerprint density at radius 1 is 1.30 bits per heavy atom. The van der Waals surface area contributed by atoms with Gasteiger partial charge in [-0.1, -0.05) is 45.7 Å². The van der Waals surface area contributed by atoms with Crippen LogP contribution in [0.15, 0.2) is 46.9 Å². The van der Waals surface area contributed by atoms with Crippen molar-refractivity contribution < 1.29 is 9.53 Å². The number of rotatable bonds is 2. The Labute approximate surface area is 149 Å². The zero-order valence-electron chi connectivity index (χ0n) is 12.9. The van der Waals surface area contributed by atoms with Crippen LogP contribution in [0.25, 0.3) is 0 Å². The molecular weight excluding hydrogens is 378 g/mol. The molecule has 0 bridgehead atoms. The number of carbonyl (C=O) groups excluding carboxylic acids is 1. The summed E-state index contributed by atoms with van der Waals surface area (Å²) in [5, 5.41) is 3.53. The molecule has 1 aliphatic heterocycles. The number of ether oxygens (including phenoxy) is 1. The molecule has 3 rings (SSSR count). The predicted octanol–water partition coefficient (Wildman–Crippen LogP) is 5.13. The molecule has 1 amide bonds. The van der Waals surface area contributed by atoms with Crippen LogP contribution in [-0.2, 0) is 0 Å². The zero-order valence-corrected chi connectivity index (χ0v) is 15.2. The maximum absolute atomic E-state index is 12.6. The summed E-state index contributed by atoms with van der Waals surface area (Å²) in [5.74, 6) is 0.628. The highest BCUT2D eigenvalue weighted by Gasteiger charge is 2.34. The lowest BCUT2D eigenvalue weighted by Gasteiger charge is -2.37. The molecule has 120 valence electrons. The van der Waals surface area contributed by atoms with E-state index in [0.717, 1.165) is 15.8 Å². The van der Waals surface area contributed by atoms with Gasteiger partial charge in [-0.3, -0.25) is 4.79 Å². The number of para-hydroxylation sites is 1. The summed E-state index contributed by atoms with van der Waals surface area (Å²) >= 11 is 9.53. The number of benzene rings is 2. The van der Waals surface area contributed by atoms with Crippen molar-refractivity contribution in [2.24, 2.45) is 0 Å². The van der Waals surface area contributed by atoms with Crippen molar-refractivity contribution in [1.82, 2.24) is 5.32 Å². The molecule has 1 aliphatic rings. The van der Waals surface area contributed by atoms with Crippen molar-refractivity contribution in [3.05, 3.63) is 63.1 Å². The molecule has 2 aromatic rings. The summed E-state index contributed by atoms with van der Waals surface area (Å²) in [6, 6.07) is 12.9. The molecular formula is C18H17BrClNO2. The van der Waals surface area contributed by atoms with Crippen LogP contribution in [0.1, 0.15) is 42.2 Å². The SMILES string of the molecule is CC1(C)CC(NC(=O)c2cc(Br)ccc2Cl)c2ccccc2O1. The molecule has 0 saturated carbocycles. The Morgan fingerprint density at radius 2 is 2.04 bits per heavy atom. The highest BCUT2D eigenvalue weighted by atomic mass is 79.9. The van der Waals surface area contributed by atoms with Crippen molar-refractivity contribution in [1.29, 1.82) is 0 Å². The van der Waals surface area contributed by atoms with E-state index in [4.69, 9.17) is 16.3 Å². The highest BCUT2D eigenvalue weighted by molar-refractivity contribution is 9.10. The number of hydrogen-bond acceptors (Lipinski definition) is 2. The molecule has 2 aromatic carbocycles. The molecule has 23 heavy (non-hydrogen) atoms.